The Balaban J connectivity index is 1.82. The molecule has 1 aromatic rings. The van der Waals surface area contributed by atoms with Gasteiger partial charge in [-0.15, -0.1) is 0 Å². The van der Waals surface area contributed by atoms with Gasteiger partial charge in [-0.25, -0.2) is 0 Å². The van der Waals surface area contributed by atoms with E-state index in [1.54, 1.807) is 12.1 Å². The molecule has 2 amide bonds. The van der Waals surface area contributed by atoms with Gasteiger partial charge in [-0.1, -0.05) is 19.1 Å². The van der Waals surface area contributed by atoms with Crippen molar-refractivity contribution in [1.29, 1.82) is 0 Å². The number of likely N-dealkylation sites (N-methyl/N-ethyl adjacent to an activating group) is 1. The van der Waals surface area contributed by atoms with Crippen LogP contribution in [0.5, 0.6) is 0 Å². The van der Waals surface area contributed by atoms with Gasteiger partial charge in [0.05, 0.1) is 12.0 Å². The van der Waals surface area contributed by atoms with Gasteiger partial charge in [-0.2, -0.15) is 0 Å². The van der Waals surface area contributed by atoms with Crippen molar-refractivity contribution in [3.8, 4) is 0 Å². The average molecular weight is 329 g/mol. The van der Waals surface area contributed by atoms with E-state index in [1.807, 2.05) is 26.1 Å². The zero-order valence-corrected chi connectivity index (χ0v) is 14.2. The van der Waals surface area contributed by atoms with Crippen molar-refractivity contribution in [2.24, 2.45) is 5.92 Å². The summed E-state index contributed by atoms with van der Waals surface area (Å²) < 4.78 is 0. The van der Waals surface area contributed by atoms with Gasteiger partial charge in [0, 0.05) is 18.3 Å². The number of nitrogens with one attached hydrogen (secondary N) is 2. The van der Waals surface area contributed by atoms with Crippen LogP contribution in [0, 0.1) is 5.92 Å². The highest BCUT2D eigenvalue weighted by Crippen LogP contribution is 2.32. The lowest BCUT2D eigenvalue weighted by Gasteiger charge is -2.29. The Morgan fingerprint density at radius 3 is 2.67 bits per heavy atom. The lowest BCUT2D eigenvalue weighted by atomic mass is 9.90. The predicted molar refractivity (Wildman–Crippen MR) is 91.6 cm³/mol. The summed E-state index contributed by atoms with van der Waals surface area (Å²) in [5.74, 6) is -1.44. The van der Waals surface area contributed by atoms with Crippen molar-refractivity contribution in [2.75, 3.05) is 18.9 Å². The first-order valence-electron chi connectivity index (χ1n) is 8.27. The van der Waals surface area contributed by atoms with Crippen molar-refractivity contribution in [2.45, 2.75) is 32.4 Å². The lowest BCUT2D eigenvalue weighted by molar-refractivity contribution is -0.123. The number of carbonyl (C=O) groups excluding carboxylic acids is 2. The Morgan fingerprint density at radius 2 is 2.04 bits per heavy atom. The molecule has 0 radical (unpaired) electrons. The summed E-state index contributed by atoms with van der Waals surface area (Å²) in [5.41, 5.74) is 1.58. The number of anilines is 1. The number of carbonyl (C=O) groups is 2. The predicted octanol–water partition coefficient (Wildman–Crippen LogP) is 1.45. The van der Waals surface area contributed by atoms with Crippen molar-refractivity contribution in [3.63, 3.8) is 0 Å². The van der Waals surface area contributed by atoms with E-state index in [0.717, 1.165) is 12.0 Å². The quantitative estimate of drug-likeness (QED) is 0.733. The van der Waals surface area contributed by atoms with E-state index >= 15 is 0 Å². The van der Waals surface area contributed by atoms with Gasteiger partial charge in [-0.05, 0) is 38.1 Å². The number of amides is 2. The molecule has 0 bridgehead atoms. The number of aliphatic hydroxyl groups is 1. The summed E-state index contributed by atoms with van der Waals surface area (Å²) in [7, 11) is 1.94. The summed E-state index contributed by atoms with van der Waals surface area (Å²) in [5, 5.41) is 16.1. The maximum atomic E-state index is 12.5. The monoisotopic (exact) mass is 329 g/mol. The van der Waals surface area contributed by atoms with E-state index in [0.29, 0.717) is 12.2 Å². The lowest BCUT2D eigenvalue weighted by Crippen LogP contribution is -2.51. The second-order valence-electron chi connectivity index (χ2n) is 6.55. The van der Waals surface area contributed by atoms with Crippen LogP contribution in [0.4, 0.5) is 5.69 Å². The summed E-state index contributed by atoms with van der Waals surface area (Å²) in [6, 6.07) is 7.39. The van der Waals surface area contributed by atoms with Gasteiger partial charge >= 0.3 is 0 Å². The third kappa shape index (κ3) is 2.78. The van der Waals surface area contributed by atoms with Gasteiger partial charge in [0.15, 0.2) is 0 Å². The molecule has 3 N–H and O–H groups in total. The molecule has 24 heavy (non-hydrogen) atoms. The number of hydrogen-bond acceptors (Lipinski definition) is 4. The maximum absolute atomic E-state index is 12.5. The number of likely N-dealkylation sites (tertiary alicyclic amines) is 1. The van der Waals surface area contributed by atoms with Crippen molar-refractivity contribution < 1.29 is 14.7 Å². The summed E-state index contributed by atoms with van der Waals surface area (Å²) >= 11 is 0. The van der Waals surface area contributed by atoms with Gasteiger partial charge in [0.25, 0.3) is 11.8 Å². The second-order valence-corrected chi connectivity index (χ2v) is 6.55. The number of nitrogens with zero attached hydrogens (tertiary/aromatic N) is 1. The van der Waals surface area contributed by atoms with E-state index in [9.17, 15) is 14.7 Å². The molecule has 6 heteroatoms. The normalized spacial score (nSPS) is 27.0. The molecule has 1 unspecified atom stereocenters. The minimum Gasteiger partial charge on any atom is -0.511 e. The molecule has 2 aliphatic heterocycles. The Bertz CT molecular complexity index is 696. The SMILES string of the molecule is CCc1ccc(NC(=O)C2=C(O)[C@H]3CN(C)C(C)[C@@H]3NC2=O)cc1. The molecule has 2 heterocycles. The van der Waals surface area contributed by atoms with Gasteiger partial charge in [0.2, 0.25) is 0 Å². The largest absolute Gasteiger partial charge is 0.511 e. The highest BCUT2D eigenvalue weighted by atomic mass is 16.3. The maximum Gasteiger partial charge on any atom is 0.264 e. The highest BCUT2D eigenvalue weighted by Gasteiger charge is 2.46. The van der Waals surface area contributed by atoms with Crippen LogP contribution in [-0.2, 0) is 16.0 Å². The molecule has 0 saturated carbocycles. The molecule has 3 atom stereocenters. The molecule has 3 rings (SSSR count). The summed E-state index contributed by atoms with van der Waals surface area (Å²) in [6.07, 6.45) is 0.914. The van der Waals surface area contributed by atoms with E-state index < -0.39 is 11.8 Å². The van der Waals surface area contributed by atoms with Crippen LogP contribution in [0.3, 0.4) is 0 Å². The summed E-state index contributed by atoms with van der Waals surface area (Å²) in [4.78, 5) is 26.9. The fourth-order valence-corrected chi connectivity index (χ4v) is 3.44. The Morgan fingerprint density at radius 1 is 1.38 bits per heavy atom. The second kappa shape index (κ2) is 6.28. The average Bonchev–Trinajstić information content (AvgIpc) is 2.84. The van der Waals surface area contributed by atoms with E-state index in [4.69, 9.17) is 0 Å². The number of rotatable bonds is 3. The molecule has 2 aliphatic rings. The van der Waals surface area contributed by atoms with E-state index in [-0.39, 0.29) is 29.3 Å². The minimum atomic E-state index is -0.574. The standard InChI is InChI=1S/C18H23N3O3/c1-4-11-5-7-12(8-6-11)19-17(23)14-16(22)13-9-21(3)10(2)15(13)20-18(14)24/h5-8,10,13,15,22H,4,9H2,1-3H3,(H,19,23)(H,20,24)/t10?,13-,15-/m0/s1. The molecular formula is C18H23N3O3. The van der Waals surface area contributed by atoms with Gasteiger partial charge in [0.1, 0.15) is 11.3 Å². The third-order valence-electron chi connectivity index (χ3n) is 5.11. The molecular weight excluding hydrogens is 306 g/mol. The molecule has 0 spiro atoms. The molecule has 1 fully saturated rings. The van der Waals surface area contributed by atoms with Crippen LogP contribution >= 0.6 is 0 Å². The smallest absolute Gasteiger partial charge is 0.264 e. The Kier molecular flexibility index (Phi) is 4.32. The fourth-order valence-electron chi connectivity index (χ4n) is 3.44. The Labute approximate surface area is 141 Å². The van der Waals surface area contributed by atoms with Crippen LogP contribution in [0.2, 0.25) is 0 Å². The first kappa shape index (κ1) is 16.5. The zero-order chi connectivity index (χ0) is 17.4. The molecule has 1 aromatic carbocycles. The van der Waals surface area contributed by atoms with Crippen LogP contribution in [0.1, 0.15) is 19.4 Å². The van der Waals surface area contributed by atoms with Crippen LogP contribution < -0.4 is 10.6 Å². The molecule has 0 aromatic heterocycles. The van der Waals surface area contributed by atoms with Crippen LogP contribution in [0.15, 0.2) is 35.6 Å². The van der Waals surface area contributed by atoms with Gasteiger partial charge in [-0.3, -0.25) is 9.59 Å². The van der Waals surface area contributed by atoms with Crippen LogP contribution in [-0.4, -0.2) is 47.5 Å². The number of fused-ring (bicyclic) bond motifs is 1. The van der Waals surface area contributed by atoms with Crippen molar-refractivity contribution in [1.82, 2.24) is 10.2 Å². The van der Waals surface area contributed by atoms with Gasteiger partial charge < -0.3 is 20.6 Å². The zero-order valence-electron chi connectivity index (χ0n) is 14.2. The first-order valence-corrected chi connectivity index (χ1v) is 8.27. The van der Waals surface area contributed by atoms with Crippen molar-refractivity contribution >= 4 is 17.5 Å². The Hall–Kier alpha value is -2.34. The third-order valence-corrected chi connectivity index (χ3v) is 5.11. The van der Waals surface area contributed by atoms with E-state index in [1.165, 1.54) is 0 Å². The first-order chi connectivity index (χ1) is 11.4. The molecule has 6 nitrogen and oxygen atoms in total. The number of aryl methyl sites for hydroxylation is 1. The van der Waals surface area contributed by atoms with E-state index in [2.05, 4.69) is 22.5 Å². The number of benzene rings is 1. The molecule has 128 valence electrons. The van der Waals surface area contributed by atoms with Crippen LogP contribution in [0.25, 0.3) is 0 Å². The highest BCUT2D eigenvalue weighted by molar-refractivity contribution is 6.23. The number of hydrogen-bond donors (Lipinski definition) is 3. The molecule has 0 aliphatic carbocycles. The number of aliphatic hydroxyl groups excluding tert-OH is 1. The minimum absolute atomic E-state index is 0.109. The summed E-state index contributed by atoms with van der Waals surface area (Å²) in [6.45, 7) is 4.66. The molecule has 1 saturated heterocycles. The fraction of sp³-hybridized carbons (Fsp3) is 0.444. The topological polar surface area (TPSA) is 81.7 Å². The van der Waals surface area contributed by atoms with Crippen molar-refractivity contribution in [3.05, 3.63) is 41.2 Å².